The van der Waals surface area contributed by atoms with E-state index in [9.17, 15) is 4.79 Å². The summed E-state index contributed by atoms with van der Waals surface area (Å²) in [5.74, 6) is 1.33. The minimum atomic E-state index is -0.0566. The molecule has 1 rings (SSSR count). The summed E-state index contributed by atoms with van der Waals surface area (Å²) in [6.45, 7) is 9.02. The lowest BCUT2D eigenvalue weighted by atomic mass is 10.1. The largest absolute Gasteiger partial charge is 0.381 e. The van der Waals surface area contributed by atoms with Crippen LogP contribution in [-0.4, -0.2) is 45.2 Å². The van der Waals surface area contributed by atoms with Crippen molar-refractivity contribution in [1.82, 2.24) is 10.6 Å². The highest BCUT2D eigenvalue weighted by Gasteiger charge is 2.00. The van der Waals surface area contributed by atoms with E-state index >= 15 is 0 Å². The average Bonchev–Trinajstić information content (AvgIpc) is 2.57. The maximum Gasteiger partial charge on any atom is 0.221 e. The van der Waals surface area contributed by atoms with E-state index in [1.807, 2.05) is 24.3 Å². The lowest BCUT2D eigenvalue weighted by molar-refractivity contribution is -0.114. The van der Waals surface area contributed by atoms with Crippen LogP contribution in [0.1, 0.15) is 32.8 Å². The van der Waals surface area contributed by atoms with Gasteiger partial charge in [-0.15, -0.1) is 0 Å². The molecule has 1 amide bonds. The predicted octanol–water partition coefficient (Wildman–Crippen LogP) is 2.42. The molecule has 0 unspecified atom stereocenters. The SMILES string of the molecule is CN=C(NCCCOCC(C)C)NCCc1ccc(NC(C)=O)cc1. The smallest absolute Gasteiger partial charge is 0.221 e. The molecule has 0 saturated heterocycles. The van der Waals surface area contributed by atoms with Gasteiger partial charge in [0.05, 0.1) is 0 Å². The third kappa shape index (κ3) is 10.4. The highest BCUT2D eigenvalue weighted by atomic mass is 16.5. The Morgan fingerprint density at radius 3 is 2.44 bits per heavy atom. The lowest BCUT2D eigenvalue weighted by Crippen LogP contribution is -2.39. The summed E-state index contributed by atoms with van der Waals surface area (Å²) >= 11 is 0. The highest BCUT2D eigenvalue weighted by Crippen LogP contribution is 2.09. The number of carbonyl (C=O) groups excluding carboxylic acids is 1. The van der Waals surface area contributed by atoms with E-state index in [0.717, 1.165) is 50.8 Å². The summed E-state index contributed by atoms with van der Waals surface area (Å²) in [6.07, 6.45) is 1.84. The van der Waals surface area contributed by atoms with Gasteiger partial charge in [0, 0.05) is 46.0 Å². The molecule has 1 aromatic rings. The van der Waals surface area contributed by atoms with E-state index in [0.29, 0.717) is 5.92 Å². The molecule has 6 nitrogen and oxygen atoms in total. The van der Waals surface area contributed by atoms with Crippen molar-refractivity contribution in [2.75, 3.05) is 38.7 Å². The van der Waals surface area contributed by atoms with Gasteiger partial charge in [0.15, 0.2) is 5.96 Å². The Labute approximate surface area is 151 Å². The summed E-state index contributed by atoms with van der Waals surface area (Å²) in [5, 5.41) is 9.35. The molecule has 0 atom stereocenters. The number of hydrogen-bond donors (Lipinski definition) is 3. The van der Waals surface area contributed by atoms with Crippen molar-refractivity contribution in [3.8, 4) is 0 Å². The number of hydrogen-bond acceptors (Lipinski definition) is 3. The van der Waals surface area contributed by atoms with Gasteiger partial charge in [-0.3, -0.25) is 9.79 Å². The zero-order valence-electron chi connectivity index (χ0n) is 15.9. The average molecular weight is 348 g/mol. The monoisotopic (exact) mass is 348 g/mol. The molecule has 0 saturated carbocycles. The number of rotatable bonds is 10. The van der Waals surface area contributed by atoms with Crippen LogP contribution in [0.25, 0.3) is 0 Å². The summed E-state index contributed by atoms with van der Waals surface area (Å²) in [5.41, 5.74) is 2.03. The summed E-state index contributed by atoms with van der Waals surface area (Å²) in [4.78, 5) is 15.2. The zero-order chi connectivity index (χ0) is 18.5. The molecule has 25 heavy (non-hydrogen) atoms. The second-order valence-corrected chi connectivity index (χ2v) is 6.38. The molecule has 0 bridgehead atoms. The number of aliphatic imine (C=N–C) groups is 1. The molecule has 0 aliphatic rings. The predicted molar refractivity (Wildman–Crippen MR) is 104 cm³/mol. The van der Waals surface area contributed by atoms with Crippen molar-refractivity contribution in [3.63, 3.8) is 0 Å². The van der Waals surface area contributed by atoms with Crippen LogP contribution >= 0.6 is 0 Å². The standard InChI is InChI=1S/C19H32N4O2/c1-15(2)14-25-13-5-11-21-19(20-4)22-12-10-17-6-8-18(9-7-17)23-16(3)24/h6-9,15H,5,10-14H2,1-4H3,(H,23,24)(H2,20,21,22). The summed E-state index contributed by atoms with van der Waals surface area (Å²) in [7, 11) is 1.77. The van der Waals surface area contributed by atoms with E-state index in [4.69, 9.17) is 4.74 Å². The van der Waals surface area contributed by atoms with Crippen LogP contribution in [0.15, 0.2) is 29.3 Å². The van der Waals surface area contributed by atoms with Crippen molar-refractivity contribution in [2.24, 2.45) is 10.9 Å². The Balaban J connectivity index is 2.19. The van der Waals surface area contributed by atoms with E-state index in [1.165, 1.54) is 12.5 Å². The van der Waals surface area contributed by atoms with Crippen LogP contribution in [0, 0.1) is 5.92 Å². The highest BCUT2D eigenvalue weighted by molar-refractivity contribution is 5.88. The van der Waals surface area contributed by atoms with E-state index < -0.39 is 0 Å². The normalized spacial score (nSPS) is 11.5. The Kier molecular flexibility index (Phi) is 10.3. The molecular weight excluding hydrogens is 316 g/mol. The molecule has 6 heteroatoms. The van der Waals surface area contributed by atoms with Gasteiger partial charge in [-0.05, 0) is 36.5 Å². The number of guanidine groups is 1. The van der Waals surface area contributed by atoms with E-state index in [2.05, 4.69) is 34.8 Å². The second kappa shape index (κ2) is 12.3. The van der Waals surface area contributed by atoms with Crippen LogP contribution in [-0.2, 0) is 16.0 Å². The third-order valence-electron chi connectivity index (χ3n) is 3.41. The molecule has 1 aromatic carbocycles. The van der Waals surface area contributed by atoms with Gasteiger partial charge < -0.3 is 20.7 Å². The van der Waals surface area contributed by atoms with Gasteiger partial charge in [-0.1, -0.05) is 26.0 Å². The number of ether oxygens (including phenoxy) is 1. The van der Waals surface area contributed by atoms with Crippen molar-refractivity contribution in [3.05, 3.63) is 29.8 Å². The summed E-state index contributed by atoms with van der Waals surface area (Å²) in [6, 6.07) is 7.88. The maximum absolute atomic E-state index is 11.0. The number of amides is 1. The molecule has 3 N–H and O–H groups in total. The van der Waals surface area contributed by atoms with Gasteiger partial charge in [0.1, 0.15) is 0 Å². The van der Waals surface area contributed by atoms with Gasteiger partial charge in [-0.25, -0.2) is 0 Å². The number of nitrogens with zero attached hydrogens (tertiary/aromatic N) is 1. The topological polar surface area (TPSA) is 74.8 Å². The molecular formula is C19H32N4O2. The first-order chi connectivity index (χ1) is 12.0. The van der Waals surface area contributed by atoms with Gasteiger partial charge >= 0.3 is 0 Å². The summed E-state index contributed by atoms with van der Waals surface area (Å²) < 4.78 is 5.56. The number of benzene rings is 1. The minimum Gasteiger partial charge on any atom is -0.381 e. The molecule has 0 fully saturated rings. The molecule has 0 aromatic heterocycles. The van der Waals surface area contributed by atoms with Crippen LogP contribution in [0.3, 0.4) is 0 Å². The Morgan fingerprint density at radius 2 is 1.84 bits per heavy atom. The molecule has 0 radical (unpaired) electrons. The number of carbonyl (C=O) groups is 1. The van der Waals surface area contributed by atoms with Crippen LogP contribution in [0.5, 0.6) is 0 Å². The van der Waals surface area contributed by atoms with E-state index in [-0.39, 0.29) is 5.91 Å². The molecule has 0 heterocycles. The molecule has 140 valence electrons. The van der Waals surface area contributed by atoms with Crippen LogP contribution in [0.4, 0.5) is 5.69 Å². The van der Waals surface area contributed by atoms with Crippen molar-refractivity contribution < 1.29 is 9.53 Å². The first-order valence-electron chi connectivity index (χ1n) is 8.90. The molecule has 0 aliphatic heterocycles. The zero-order valence-corrected chi connectivity index (χ0v) is 15.9. The van der Waals surface area contributed by atoms with Crippen LogP contribution < -0.4 is 16.0 Å². The van der Waals surface area contributed by atoms with Crippen molar-refractivity contribution in [1.29, 1.82) is 0 Å². The van der Waals surface area contributed by atoms with Crippen molar-refractivity contribution >= 4 is 17.6 Å². The Bertz CT molecular complexity index is 527. The van der Waals surface area contributed by atoms with Crippen molar-refractivity contribution in [2.45, 2.75) is 33.6 Å². The first kappa shape index (κ1) is 21.0. The molecule has 0 spiro atoms. The number of nitrogens with one attached hydrogen (secondary N) is 3. The second-order valence-electron chi connectivity index (χ2n) is 6.38. The number of anilines is 1. The molecule has 0 aliphatic carbocycles. The lowest BCUT2D eigenvalue weighted by Gasteiger charge is -2.12. The minimum absolute atomic E-state index is 0.0566. The quantitative estimate of drug-likeness (QED) is 0.345. The fourth-order valence-electron chi connectivity index (χ4n) is 2.20. The fourth-order valence-corrected chi connectivity index (χ4v) is 2.20. The Hall–Kier alpha value is -2.08. The fraction of sp³-hybridized carbons (Fsp3) is 0.579. The third-order valence-corrected chi connectivity index (χ3v) is 3.41. The maximum atomic E-state index is 11.0. The Morgan fingerprint density at radius 1 is 1.16 bits per heavy atom. The van der Waals surface area contributed by atoms with Crippen LogP contribution in [0.2, 0.25) is 0 Å². The van der Waals surface area contributed by atoms with E-state index in [1.54, 1.807) is 7.05 Å². The first-order valence-corrected chi connectivity index (χ1v) is 8.90. The van der Waals surface area contributed by atoms with Gasteiger partial charge in [0.2, 0.25) is 5.91 Å². The van der Waals surface area contributed by atoms with Gasteiger partial charge in [0.25, 0.3) is 0 Å². The van der Waals surface area contributed by atoms with Gasteiger partial charge in [-0.2, -0.15) is 0 Å².